The van der Waals surface area contributed by atoms with Crippen molar-refractivity contribution in [3.63, 3.8) is 0 Å². The average Bonchev–Trinajstić information content (AvgIpc) is 3.24. The predicted octanol–water partition coefficient (Wildman–Crippen LogP) is 5.20. The molecular formula is C25H25N3O2S2. The van der Waals surface area contributed by atoms with Gasteiger partial charge in [-0.05, 0) is 36.6 Å². The highest BCUT2D eigenvalue weighted by molar-refractivity contribution is 7.99. The van der Waals surface area contributed by atoms with Crippen LogP contribution < -0.4 is 10.9 Å². The zero-order chi connectivity index (χ0) is 22.3. The Kier molecular flexibility index (Phi) is 7.39. The fourth-order valence-electron chi connectivity index (χ4n) is 3.37. The van der Waals surface area contributed by atoms with Gasteiger partial charge in [-0.2, -0.15) is 0 Å². The van der Waals surface area contributed by atoms with Gasteiger partial charge in [-0.25, -0.2) is 4.98 Å². The summed E-state index contributed by atoms with van der Waals surface area (Å²) < 4.78 is 1.62. The van der Waals surface area contributed by atoms with E-state index in [-0.39, 0.29) is 17.2 Å². The van der Waals surface area contributed by atoms with Crippen LogP contribution in [0.15, 0.2) is 76.7 Å². The van der Waals surface area contributed by atoms with Crippen molar-refractivity contribution in [2.75, 3.05) is 5.75 Å². The van der Waals surface area contributed by atoms with E-state index in [4.69, 9.17) is 4.98 Å². The van der Waals surface area contributed by atoms with E-state index in [0.29, 0.717) is 17.1 Å². The minimum atomic E-state index is -0.0948. The van der Waals surface area contributed by atoms with Crippen LogP contribution in [0.1, 0.15) is 30.2 Å². The molecule has 4 aromatic rings. The van der Waals surface area contributed by atoms with Gasteiger partial charge in [-0.3, -0.25) is 14.2 Å². The number of thioether (sulfide) groups is 1. The Hall–Kier alpha value is -2.90. The molecule has 0 radical (unpaired) electrons. The number of carbonyl (C=O) groups is 1. The summed E-state index contributed by atoms with van der Waals surface area (Å²) in [5, 5.41) is 4.11. The average molecular weight is 464 g/mol. The lowest BCUT2D eigenvalue weighted by Gasteiger charge is -2.12. The minimum Gasteiger partial charge on any atom is -0.351 e. The van der Waals surface area contributed by atoms with E-state index in [1.807, 2.05) is 66.7 Å². The zero-order valence-electron chi connectivity index (χ0n) is 17.9. The number of aromatic nitrogens is 2. The smallest absolute Gasteiger partial charge is 0.267 e. The summed E-state index contributed by atoms with van der Waals surface area (Å²) >= 11 is 2.86. The molecule has 1 N–H and O–H groups in total. The van der Waals surface area contributed by atoms with Crippen LogP contribution in [0.2, 0.25) is 0 Å². The number of hydrogen-bond donors (Lipinski definition) is 1. The molecule has 2 aromatic carbocycles. The van der Waals surface area contributed by atoms with Crippen LogP contribution in [-0.2, 0) is 17.8 Å². The van der Waals surface area contributed by atoms with Crippen LogP contribution >= 0.6 is 23.1 Å². The van der Waals surface area contributed by atoms with E-state index >= 15 is 0 Å². The summed E-state index contributed by atoms with van der Waals surface area (Å²) in [4.78, 5) is 32.6. The highest BCUT2D eigenvalue weighted by Gasteiger charge is 2.17. The Balaban J connectivity index is 1.60. The van der Waals surface area contributed by atoms with Gasteiger partial charge in [0.15, 0.2) is 5.16 Å². The number of aryl methyl sites for hydroxylation is 1. The lowest BCUT2D eigenvalue weighted by molar-refractivity contribution is -0.118. The molecule has 2 aromatic heterocycles. The third-order valence-electron chi connectivity index (χ3n) is 5.04. The molecule has 0 aliphatic carbocycles. The van der Waals surface area contributed by atoms with Crippen molar-refractivity contribution >= 4 is 39.2 Å². The van der Waals surface area contributed by atoms with Gasteiger partial charge in [0, 0.05) is 11.4 Å². The van der Waals surface area contributed by atoms with Crippen LogP contribution in [0.4, 0.5) is 0 Å². The lowest BCUT2D eigenvalue weighted by Crippen LogP contribution is -2.26. The molecule has 0 bridgehead atoms. The quantitative estimate of drug-likeness (QED) is 0.274. The number of fused-ring (bicyclic) bond motifs is 1. The second-order valence-corrected chi connectivity index (χ2v) is 9.51. The van der Waals surface area contributed by atoms with E-state index in [1.54, 1.807) is 15.9 Å². The van der Waals surface area contributed by atoms with Crippen molar-refractivity contribution in [3.05, 3.63) is 87.5 Å². The monoisotopic (exact) mass is 463 g/mol. The van der Waals surface area contributed by atoms with Gasteiger partial charge in [0.25, 0.3) is 5.56 Å². The maximum Gasteiger partial charge on any atom is 0.267 e. The molecular weight excluding hydrogens is 438 g/mol. The summed E-state index contributed by atoms with van der Waals surface area (Å²) in [6, 6.07) is 21.3. The van der Waals surface area contributed by atoms with Gasteiger partial charge in [0.2, 0.25) is 5.91 Å². The predicted molar refractivity (Wildman–Crippen MR) is 133 cm³/mol. The Bertz CT molecular complexity index is 1250. The van der Waals surface area contributed by atoms with Crippen molar-refractivity contribution < 1.29 is 4.79 Å². The third-order valence-corrected chi connectivity index (χ3v) is 7.07. The second-order valence-electron chi connectivity index (χ2n) is 7.46. The molecule has 2 heterocycles. The number of nitrogens with one attached hydrogen (secondary N) is 1. The first-order valence-electron chi connectivity index (χ1n) is 10.7. The molecule has 0 atom stereocenters. The van der Waals surface area contributed by atoms with Crippen molar-refractivity contribution in [2.45, 2.75) is 37.9 Å². The maximum atomic E-state index is 13.4. The van der Waals surface area contributed by atoms with Crippen molar-refractivity contribution in [1.29, 1.82) is 0 Å². The normalized spacial score (nSPS) is 11.0. The number of carbonyl (C=O) groups excluding carboxylic acids is 1. The topological polar surface area (TPSA) is 64.0 Å². The first-order valence-corrected chi connectivity index (χ1v) is 12.5. The number of amides is 1. The fraction of sp³-hybridized carbons (Fsp3) is 0.240. The molecule has 1 amide bonds. The fourth-order valence-corrected chi connectivity index (χ4v) is 5.32. The van der Waals surface area contributed by atoms with Crippen molar-refractivity contribution in [2.24, 2.45) is 0 Å². The molecule has 0 saturated carbocycles. The molecule has 0 saturated heterocycles. The van der Waals surface area contributed by atoms with Crippen LogP contribution in [0.3, 0.4) is 0 Å². The van der Waals surface area contributed by atoms with Gasteiger partial charge < -0.3 is 5.32 Å². The van der Waals surface area contributed by atoms with Crippen molar-refractivity contribution in [1.82, 2.24) is 14.9 Å². The van der Waals surface area contributed by atoms with E-state index in [2.05, 4.69) is 12.2 Å². The number of para-hydroxylation sites is 1. The maximum absolute atomic E-state index is 13.4. The standard InChI is InChI=1S/C25H25N3O2S2/c1-2-3-14-20-15-21-23(32-20)27-25(28(24(21)30)19-12-8-5-9-13-19)31-17-22(29)26-16-18-10-6-4-7-11-18/h4-13,15H,2-3,14,16-17H2,1H3,(H,26,29). The van der Waals surface area contributed by atoms with Gasteiger partial charge in [0.05, 0.1) is 16.8 Å². The summed E-state index contributed by atoms with van der Waals surface area (Å²) in [7, 11) is 0. The molecule has 5 nitrogen and oxygen atoms in total. The number of unbranched alkanes of at least 4 members (excludes halogenated alkanes) is 1. The largest absolute Gasteiger partial charge is 0.351 e. The van der Waals surface area contributed by atoms with E-state index in [1.165, 1.54) is 16.6 Å². The molecule has 0 aliphatic heterocycles. The van der Waals surface area contributed by atoms with E-state index in [9.17, 15) is 9.59 Å². The summed E-state index contributed by atoms with van der Waals surface area (Å²) in [6.07, 6.45) is 3.14. The lowest BCUT2D eigenvalue weighted by atomic mass is 10.2. The number of hydrogen-bond acceptors (Lipinski definition) is 5. The molecule has 0 unspecified atom stereocenters. The van der Waals surface area contributed by atoms with Gasteiger partial charge in [0.1, 0.15) is 4.83 Å². The number of nitrogens with zero attached hydrogens (tertiary/aromatic N) is 2. The molecule has 0 fully saturated rings. The first-order chi connectivity index (χ1) is 15.7. The molecule has 4 rings (SSSR count). The zero-order valence-corrected chi connectivity index (χ0v) is 19.5. The van der Waals surface area contributed by atoms with Crippen LogP contribution in [0.5, 0.6) is 0 Å². The number of thiophene rings is 1. The van der Waals surface area contributed by atoms with Gasteiger partial charge in [-0.15, -0.1) is 11.3 Å². The summed E-state index contributed by atoms with van der Waals surface area (Å²) in [6.45, 7) is 2.63. The second kappa shape index (κ2) is 10.6. The minimum absolute atomic E-state index is 0.0904. The SMILES string of the molecule is CCCCc1cc2c(=O)n(-c3ccccc3)c(SCC(=O)NCc3ccccc3)nc2s1. The highest BCUT2D eigenvalue weighted by atomic mass is 32.2. The number of rotatable bonds is 9. The van der Waals surface area contributed by atoms with Gasteiger partial charge in [-0.1, -0.05) is 73.6 Å². The van der Waals surface area contributed by atoms with Crippen LogP contribution in [-0.4, -0.2) is 21.2 Å². The Morgan fingerprint density at radius 2 is 1.81 bits per heavy atom. The summed E-state index contributed by atoms with van der Waals surface area (Å²) in [5.74, 6) is 0.0914. The highest BCUT2D eigenvalue weighted by Crippen LogP contribution is 2.27. The summed E-state index contributed by atoms with van der Waals surface area (Å²) in [5.41, 5.74) is 1.71. The molecule has 164 valence electrons. The van der Waals surface area contributed by atoms with Gasteiger partial charge >= 0.3 is 0 Å². The molecule has 0 spiro atoms. The Morgan fingerprint density at radius 3 is 2.53 bits per heavy atom. The van der Waals surface area contributed by atoms with Crippen LogP contribution in [0, 0.1) is 0 Å². The Morgan fingerprint density at radius 1 is 1.09 bits per heavy atom. The van der Waals surface area contributed by atoms with Crippen LogP contribution in [0.25, 0.3) is 15.9 Å². The Labute approximate surface area is 195 Å². The van der Waals surface area contributed by atoms with Crippen molar-refractivity contribution in [3.8, 4) is 5.69 Å². The molecule has 7 heteroatoms. The molecule has 32 heavy (non-hydrogen) atoms. The third kappa shape index (κ3) is 5.29. The van der Waals surface area contributed by atoms with E-state index < -0.39 is 0 Å². The first kappa shape index (κ1) is 22.3. The molecule has 0 aliphatic rings. The number of benzene rings is 2. The van der Waals surface area contributed by atoms with E-state index in [0.717, 1.165) is 35.3 Å².